The Balaban J connectivity index is 1.60. The smallest absolute Gasteiger partial charge is 0.295 e. The number of likely N-dealkylation sites (tertiary alicyclic amines) is 1. The summed E-state index contributed by atoms with van der Waals surface area (Å²) >= 11 is 0. The van der Waals surface area contributed by atoms with Crippen molar-refractivity contribution in [2.45, 2.75) is 51.8 Å². The predicted octanol–water partition coefficient (Wildman–Crippen LogP) is 5.21. The van der Waals surface area contributed by atoms with Crippen molar-refractivity contribution in [3.63, 3.8) is 0 Å². The van der Waals surface area contributed by atoms with E-state index in [2.05, 4.69) is 11.9 Å². The Labute approximate surface area is 227 Å². The normalized spacial score (nSPS) is 19.6. The molecule has 0 aliphatic carbocycles. The number of Topliss-reactive ketones (excluding diaryl/α,β-unsaturated/α-hetero) is 1. The first kappa shape index (κ1) is 26.3. The summed E-state index contributed by atoms with van der Waals surface area (Å²) in [6.07, 6.45) is 5.94. The highest BCUT2D eigenvalue weighted by molar-refractivity contribution is 6.46. The molecule has 1 N–H and O–H groups in total. The van der Waals surface area contributed by atoms with Crippen LogP contribution >= 0.6 is 0 Å². The molecule has 1 saturated heterocycles. The summed E-state index contributed by atoms with van der Waals surface area (Å²) in [6, 6.07) is 13.5. The van der Waals surface area contributed by atoms with Crippen molar-refractivity contribution >= 4 is 17.4 Å². The maximum absolute atomic E-state index is 13.5. The van der Waals surface area contributed by atoms with Crippen molar-refractivity contribution < 1.29 is 28.9 Å². The third-order valence-corrected chi connectivity index (χ3v) is 7.04. The molecule has 0 saturated carbocycles. The van der Waals surface area contributed by atoms with Gasteiger partial charge in [-0.05, 0) is 66.4 Å². The summed E-state index contributed by atoms with van der Waals surface area (Å²) in [5.41, 5.74) is 2.82. The quantitative estimate of drug-likeness (QED) is 0.176. The first-order valence-electron chi connectivity index (χ1n) is 13.2. The summed E-state index contributed by atoms with van der Waals surface area (Å²) in [4.78, 5) is 32.5. The number of aliphatic hydroxyl groups excluding tert-OH is 1. The maximum atomic E-state index is 13.5. The van der Waals surface area contributed by atoms with Crippen LogP contribution in [0.15, 0.2) is 66.5 Å². The van der Waals surface area contributed by atoms with Gasteiger partial charge in [-0.15, -0.1) is 0 Å². The number of aromatic nitrogens is 1. The molecule has 1 aromatic heterocycles. The maximum Gasteiger partial charge on any atom is 0.295 e. The number of amides is 1. The number of hydrogen-bond acceptors (Lipinski definition) is 7. The minimum absolute atomic E-state index is 0.0255. The molecule has 202 valence electrons. The van der Waals surface area contributed by atoms with E-state index in [-0.39, 0.29) is 24.0 Å². The molecule has 2 aromatic carbocycles. The van der Waals surface area contributed by atoms with Gasteiger partial charge < -0.3 is 24.2 Å². The number of hydrogen-bond donors (Lipinski definition) is 1. The van der Waals surface area contributed by atoms with Crippen molar-refractivity contribution in [3.8, 4) is 17.2 Å². The van der Waals surface area contributed by atoms with Crippen LogP contribution in [0.5, 0.6) is 17.2 Å². The molecule has 3 aromatic rings. The van der Waals surface area contributed by atoms with Crippen LogP contribution in [0.2, 0.25) is 0 Å². The number of nitrogens with zero attached hydrogens (tertiary/aromatic N) is 2. The lowest BCUT2D eigenvalue weighted by Gasteiger charge is -2.26. The Morgan fingerprint density at radius 3 is 2.74 bits per heavy atom. The van der Waals surface area contributed by atoms with Gasteiger partial charge in [0.1, 0.15) is 17.6 Å². The van der Waals surface area contributed by atoms with Crippen LogP contribution in [0.1, 0.15) is 55.0 Å². The molecule has 39 heavy (non-hydrogen) atoms. The van der Waals surface area contributed by atoms with Gasteiger partial charge in [-0.1, -0.05) is 25.5 Å². The third kappa shape index (κ3) is 5.19. The van der Waals surface area contributed by atoms with Gasteiger partial charge in [0, 0.05) is 30.9 Å². The first-order valence-corrected chi connectivity index (χ1v) is 13.2. The number of carbonyl (C=O) groups is 2. The van der Waals surface area contributed by atoms with E-state index in [4.69, 9.17) is 14.2 Å². The molecule has 2 aliphatic rings. The molecular formula is C31H32N2O6. The van der Waals surface area contributed by atoms with Crippen molar-refractivity contribution in [1.82, 2.24) is 9.88 Å². The molecule has 2 atom stereocenters. The number of benzene rings is 2. The van der Waals surface area contributed by atoms with Crippen LogP contribution in [-0.4, -0.2) is 46.5 Å². The molecule has 0 radical (unpaired) electrons. The minimum Gasteiger partial charge on any atom is -0.507 e. The standard InChI is InChI=1S/C31H32N2O6/c1-4-5-13-38-25-11-8-21(16-26(25)37-3)28-27(29(34)22-9-10-24-23(15-22)14-19(2)39-24)30(35)31(36)33(28)18-20-7-6-12-32-17-20/h6-12,15-17,19,28,34H,4-5,13-14,18H2,1-3H3/t19-,28-/m0/s1. The van der Waals surface area contributed by atoms with Crippen LogP contribution in [-0.2, 0) is 22.6 Å². The molecule has 2 aliphatic heterocycles. The molecule has 0 unspecified atom stereocenters. The Kier molecular flexibility index (Phi) is 7.54. The fourth-order valence-corrected chi connectivity index (χ4v) is 5.10. The zero-order valence-corrected chi connectivity index (χ0v) is 22.3. The number of carbonyl (C=O) groups excluding carboxylic acids is 2. The van der Waals surface area contributed by atoms with E-state index in [1.165, 1.54) is 4.90 Å². The highest BCUT2D eigenvalue weighted by atomic mass is 16.5. The largest absolute Gasteiger partial charge is 0.507 e. The molecule has 1 fully saturated rings. The van der Waals surface area contributed by atoms with Crippen molar-refractivity contribution in [3.05, 3.63) is 88.8 Å². The molecule has 8 nitrogen and oxygen atoms in total. The van der Waals surface area contributed by atoms with Crippen LogP contribution < -0.4 is 14.2 Å². The second-order valence-electron chi connectivity index (χ2n) is 9.86. The SMILES string of the molecule is CCCCOc1ccc([C@H]2C(=C(O)c3ccc4c(c3)C[C@H](C)O4)C(=O)C(=O)N2Cc2cccnc2)cc1OC. The van der Waals surface area contributed by atoms with Crippen LogP contribution in [0.25, 0.3) is 5.76 Å². The Morgan fingerprint density at radius 1 is 1.15 bits per heavy atom. The van der Waals surface area contributed by atoms with Gasteiger partial charge in [-0.3, -0.25) is 14.6 Å². The average molecular weight is 529 g/mol. The summed E-state index contributed by atoms with van der Waals surface area (Å²) in [5.74, 6) is 0.165. The van der Waals surface area contributed by atoms with E-state index in [1.54, 1.807) is 49.8 Å². The zero-order valence-electron chi connectivity index (χ0n) is 22.3. The van der Waals surface area contributed by atoms with Gasteiger partial charge in [0.2, 0.25) is 0 Å². The molecule has 0 spiro atoms. The first-order chi connectivity index (χ1) is 18.9. The Hall–Kier alpha value is -4.33. The summed E-state index contributed by atoms with van der Waals surface area (Å²) in [5, 5.41) is 11.5. The third-order valence-electron chi connectivity index (χ3n) is 7.04. The fourth-order valence-electron chi connectivity index (χ4n) is 5.10. The van der Waals surface area contributed by atoms with Crippen molar-refractivity contribution in [1.29, 1.82) is 0 Å². The van der Waals surface area contributed by atoms with Crippen LogP contribution in [0.3, 0.4) is 0 Å². The van der Waals surface area contributed by atoms with E-state index >= 15 is 0 Å². The average Bonchev–Trinajstić information content (AvgIpc) is 3.44. The van der Waals surface area contributed by atoms with E-state index in [1.807, 2.05) is 25.1 Å². The molecule has 0 bridgehead atoms. The predicted molar refractivity (Wildman–Crippen MR) is 146 cm³/mol. The number of unbranched alkanes of at least 4 members (excludes halogenated alkanes) is 1. The van der Waals surface area contributed by atoms with Crippen molar-refractivity contribution in [2.24, 2.45) is 0 Å². The monoisotopic (exact) mass is 528 g/mol. The topological polar surface area (TPSA) is 98.2 Å². The van der Waals surface area contributed by atoms with Gasteiger partial charge in [-0.2, -0.15) is 0 Å². The van der Waals surface area contributed by atoms with Crippen molar-refractivity contribution in [2.75, 3.05) is 13.7 Å². The highest BCUT2D eigenvalue weighted by Crippen LogP contribution is 2.43. The highest BCUT2D eigenvalue weighted by Gasteiger charge is 2.46. The Bertz CT molecular complexity index is 1420. The van der Waals surface area contributed by atoms with E-state index < -0.39 is 17.7 Å². The van der Waals surface area contributed by atoms with E-state index in [0.717, 1.165) is 29.7 Å². The molecule has 1 amide bonds. The Morgan fingerprint density at radius 2 is 2.00 bits per heavy atom. The minimum atomic E-state index is -0.841. The lowest BCUT2D eigenvalue weighted by molar-refractivity contribution is -0.140. The summed E-state index contributed by atoms with van der Waals surface area (Å²) in [7, 11) is 1.55. The molecule has 3 heterocycles. The zero-order chi connectivity index (χ0) is 27.5. The second kappa shape index (κ2) is 11.2. The van der Waals surface area contributed by atoms with Crippen LogP contribution in [0.4, 0.5) is 0 Å². The van der Waals surface area contributed by atoms with Gasteiger partial charge >= 0.3 is 0 Å². The number of rotatable bonds is 9. The van der Waals surface area contributed by atoms with E-state index in [0.29, 0.717) is 35.7 Å². The van der Waals surface area contributed by atoms with Gasteiger partial charge in [-0.25, -0.2) is 0 Å². The molecule has 8 heteroatoms. The molecular weight excluding hydrogens is 496 g/mol. The number of methoxy groups -OCH3 is 1. The fraction of sp³-hybridized carbons (Fsp3) is 0.323. The number of ether oxygens (including phenoxy) is 3. The number of ketones is 1. The van der Waals surface area contributed by atoms with Gasteiger partial charge in [0.05, 0.1) is 25.3 Å². The van der Waals surface area contributed by atoms with Gasteiger partial charge in [0.15, 0.2) is 11.5 Å². The lowest BCUT2D eigenvalue weighted by Crippen LogP contribution is -2.29. The number of fused-ring (bicyclic) bond motifs is 1. The number of pyridine rings is 1. The van der Waals surface area contributed by atoms with E-state index in [9.17, 15) is 14.7 Å². The summed E-state index contributed by atoms with van der Waals surface area (Å²) < 4.78 is 17.3. The lowest BCUT2D eigenvalue weighted by atomic mass is 9.94. The van der Waals surface area contributed by atoms with Gasteiger partial charge in [0.25, 0.3) is 11.7 Å². The van der Waals surface area contributed by atoms with Crippen LogP contribution in [0, 0.1) is 0 Å². The molecule has 5 rings (SSSR count). The summed E-state index contributed by atoms with van der Waals surface area (Å²) in [6.45, 7) is 4.76. The number of aliphatic hydroxyl groups is 1. The second-order valence-corrected chi connectivity index (χ2v) is 9.86.